The summed E-state index contributed by atoms with van der Waals surface area (Å²) in [6.45, 7) is 6.84. The molecule has 4 aliphatic rings. The number of fused-ring (bicyclic) bond motifs is 5. The van der Waals surface area contributed by atoms with E-state index in [0.29, 0.717) is 35.2 Å². The molecule has 0 bridgehead atoms. The van der Waals surface area contributed by atoms with Gasteiger partial charge in [0.2, 0.25) is 0 Å². The molecule has 6 atom stereocenters. The Hall–Kier alpha value is -0.920. The van der Waals surface area contributed by atoms with E-state index in [1.165, 1.54) is 24.8 Å². The average Bonchev–Trinajstić information content (AvgIpc) is 2.77. The highest BCUT2D eigenvalue weighted by Crippen LogP contribution is 2.65. The number of carbonyl (C=O) groups excluding carboxylic acids is 2. The maximum atomic E-state index is 12.4. The minimum Gasteiger partial charge on any atom is -0.299 e. The van der Waals surface area contributed by atoms with Crippen molar-refractivity contribution >= 4 is 11.6 Å². The highest BCUT2D eigenvalue weighted by atomic mass is 16.1. The van der Waals surface area contributed by atoms with Crippen molar-refractivity contribution in [3.05, 3.63) is 11.6 Å². The molecule has 0 heterocycles. The van der Waals surface area contributed by atoms with E-state index in [-0.39, 0.29) is 10.8 Å². The first-order chi connectivity index (χ1) is 10.4. The van der Waals surface area contributed by atoms with E-state index in [2.05, 4.69) is 20.8 Å². The zero-order valence-electron chi connectivity index (χ0n) is 14.2. The first-order valence-corrected chi connectivity index (χ1v) is 9.12. The molecule has 22 heavy (non-hydrogen) atoms. The smallest absolute Gasteiger partial charge is 0.155 e. The number of rotatable bonds is 0. The van der Waals surface area contributed by atoms with Crippen molar-refractivity contribution in [3.63, 3.8) is 0 Å². The zero-order chi connectivity index (χ0) is 15.7. The molecule has 0 N–H and O–H groups in total. The molecular weight excluding hydrogens is 272 g/mol. The number of ketones is 2. The summed E-state index contributed by atoms with van der Waals surface area (Å²) in [5.74, 6) is 3.36. The summed E-state index contributed by atoms with van der Waals surface area (Å²) in [5, 5.41) is 0. The van der Waals surface area contributed by atoms with Gasteiger partial charge in [0.1, 0.15) is 5.78 Å². The molecule has 0 radical (unpaired) electrons. The number of allylic oxidation sites excluding steroid dienone is 2. The molecule has 4 rings (SSSR count). The second-order valence-electron chi connectivity index (χ2n) is 8.85. The van der Waals surface area contributed by atoms with Gasteiger partial charge in [0.15, 0.2) is 5.78 Å². The monoisotopic (exact) mass is 300 g/mol. The lowest BCUT2D eigenvalue weighted by Gasteiger charge is -2.59. The summed E-state index contributed by atoms with van der Waals surface area (Å²) < 4.78 is 0. The average molecular weight is 300 g/mol. The fraction of sp³-hybridized carbons (Fsp3) is 0.800. The predicted molar refractivity (Wildman–Crippen MR) is 86.3 cm³/mol. The van der Waals surface area contributed by atoms with Gasteiger partial charge in [-0.25, -0.2) is 0 Å². The van der Waals surface area contributed by atoms with Crippen molar-refractivity contribution < 1.29 is 9.59 Å². The first kappa shape index (κ1) is 14.7. The van der Waals surface area contributed by atoms with E-state index in [9.17, 15) is 9.59 Å². The van der Waals surface area contributed by atoms with Crippen LogP contribution in [0.3, 0.4) is 0 Å². The fourth-order valence-corrected chi connectivity index (χ4v) is 6.83. The minimum absolute atomic E-state index is 0.0352. The molecule has 2 nitrogen and oxygen atoms in total. The maximum absolute atomic E-state index is 12.4. The van der Waals surface area contributed by atoms with Crippen LogP contribution >= 0.6 is 0 Å². The van der Waals surface area contributed by atoms with Gasteiger partial charge in [-0.15, -0.1) is 0 Å². The quantitative estimate of drug-likeness (QED) is 0.667. The van der Waals surface area contributed by atoms with Crippen molar-refractivity contribution in [3.8, 4) is 0 Å². The normalized spacial score (nSPS) is 51.0. The highest BCUT2D eigenvalue weighted by molar-refractivity contribution is 5.92. The first-order valence-electron chi connectivity index (χ1n) is 9.12. The Kier molecular flexibility index (Phi) is 3.03. The zero-order valence-corrected chi connectivity index (χ0v) is 14.2. The molecule has 0 aliphatic heterocycles. The maximum Gasteiger partial charge on any atom is 0.155 e. The lowest BCUT2D eigenvalue weighted by molar-refractivity contribution is -0.135. The molecular formula is C20H28O2. The van der Waals surface area contributed by atoms with Crippen LogP contribution in [0, 0.1) is 34.5 Å². The van der Waals surface area contributed by atoms with E-state index in [1.54, 1.807) is 0 Å². The third kappa shape index (κ3) is 1.67. The van der Waals surface area contributed by atoms with Crippen LogP contribution in [0.15, 0.2) is 11.6 Å². The van der Waals surface area contributed by atoms with Crippen molar-refractivity contribution in [1.82, 2.24) is 0 Å². The third-order valence-corrected chi connectivity index (χ3v) is 8.29. The van der Waals surface area contributed by atoms with Gasteiger partial charge in [-0.2, -0.15) is 0 Å². The molecule has 0 spiro atoms. The molecule has 3 fully saturated rings. The van der Waals surface area contributed by atoms with Gasteiger partial charge in [-0.3, -0.25) is 9.59 Å². The number of hydrogen-bond acceptors (Lipinski definition) is 2. The van der Waals surface area contributed by atoms with Crippen LogP contribution in [0.25, 0.3) is 0 Å². The van der Waals surface area contributed by atoms with Gasteiger partial charge in [0, 0.05) is 18.3 Å². The highest BCUT2D eigenvalue weighted by Gasteiger charge is 2.60. The Morgan fingerprint density at radius 2 is 1.82 bits per heavy atom. The SMILES string of the molecule is CC1=CC(=O)C[C@H]2CC[C@@H]3[C@H](CC[C@]4(C)C(=O)CC[C@@H]34)[C@@]12C. The Bertz CT molecular complexity index is 574. The predicted octanol–water partition coefficient (Wildman–Crippen LogP) is 4.33. The van der Waals surface area contributed by atoms with Gasteiger partial charge in [-0.05, 0) is 74.2 Å². The van der Waals surface area contributed by atoms with Crippen LogP contribution in [0.4, 0.5) is 0 Å². The summed E-state index contributed by atoms with van der Waals surface area (Å²) in [6.07, 6.45) is 9.24. The Balaban J connectivity index is 1.73. The number of carbonyl (C=O) groups is 2. The van der Waals surface area contributed by atoms with E-state index >= 15 is 0 Å². The molecule has 0 amide bonds. The van der Waals surface area contributed by atoms with E-state index in [1.807, 2.05) is 6.08 Å². The van der Waals surface area contributed by atoms with Gasteiger partial charge in [0.25, 0.3) is 0 Å². The van der Waals surface area contributed by atoms with Crippen LogP contribution in [0.2, 0.25) is 0 Å². The molecule has 2 heteroatoms. The molecule has 3 saturated carbocycles. The topological polar surface area (TPSA) is 34.1 Å². The Morgan fingerprint density at radius 1 is 1.05 bits per heavy atom. The van der Waals surface area contributed by atoms with Crippen molar-refractivity contribution in [2.45, 2.75) is 65.7 Å². The van der Waals surface area contributed by atoms with Gasteiger partial charge < -0.3 is 0 Å². The van der Waals surface area contributed by atoms with Crippen molar-refractivity contribution in [2.75, 3.05) is 0 Å². The second kappa shape index (κ2) is 4.55. The molecule has 0 unspecified atom stereocenters. The number of Topliss-reactive ketones (excluding diaryl/α,β-unsaturated/α-hetero) is 1. The summed E-state index contributed by atoms with van der Waals surface area (Å²) in [4.78, 5) is 24.4. The molecule has 120 valence electrons. The van der Waals surface area contributed by atoms with E-state index in [4.69, 9.17) is 0 Å². The van der Waals surface area contributed by atoms with Crippen LogP contribution < -0.4 is 0 Å². The molecule has 0 saturated heterocycles. The molecule has 4 aliphatic carbocycles. The van der Waals surface area contributed by atoms with Crippen LogP contribution in [-0.2, 0) is 9.59 Å². The van der Waals surface area contributed by atoms with E-state index < -0.39 is 0 Å². The lowest BCUT2D eigenvalue weighted by atomic mass is 9.45. The number of hydrogen-bond donors (Lipinski definition) is 0. The summed E-state index contributed by atoms with van der Waals surface area (Å²) in [7, 11) is 0. The van der Waals surface area contributed by atoms with E-state index in [0.717, 1.165) is 25.7 Å². The van der Waals surface area contributed by atoms with Crippen LogP contribution in [0.1, 0.15) is 65.7 Å². The van der Waals surface area contributed by atoms with Crippen molar-refractivity contribution in [2.24, 2.45) is 34.5 Å². The van der Waals surface area contributed by atoms with Crippen molar-refractivity contribution in [1.29, 1.82) is 0 Å². The summed E-state index contributed by atoms with van der Waals surface area (Å²) >= 11 is 0. The Labute approximate surface area is 133 Å². The fourth-order valence-electron chi connectivity index (χ4n) is 6.83. The molecule has 0 aromatic rings. The summed E-state index contributed by atoms with van der Waals surface area (Å²) in [6, 6.07) is 0. The van der Waals surface area contributed by atoms with Crippen LogP contribution in [-0.4, -0.2) is 11.6 Å². The standard InChI is InChI=1S/C20H28O2/c1-12-10-14(21)11-13-4-5-15-16-6-7-18(22)19(16,2)9-8-17(15)20(12,13)3/h10,13,15-17H,4-9,11H2,1-3H3/t13-,15+,16+,17+,19+,20+/m1/s1. The minimum atomic E-state index is -0.0352. The van der Waals surface area contributed by atoms with Crippen LogP contribution in [0.5, 0.6) is 0 Å². The second-order valence-corrected chi connectivity index (χ2v) is 8.85. The largest absolute Gasteiger partial charge is 0.299 e. The summed E-state index contributed by atoms with van der Waals surface area (Å²) in [5.41, 5.74) is 1.48. The third-order valence-electron chi connectivity index (χ3n) is 8.29. The molecule has 0 aromatic carbocycles. The molecule has 0 aromatic heterocycles. The lowest BCUT2D eigenvalue weighted by Crippen LogP contribution is -2.53. The Morgan fingerprint density at radius 3 is 2.59 bits per heavy atom. The van der Waals surface area contributed by atoms with Gasteiger partial charge >= 0.3 is 0 Å². The van der Waals surface area contributed by atoms with Gasteiger partial charge in [-0.1, -0.05) is 19.4 Å². The van der Waals surface area contributed by atoms with Gasteiger partial charge in [0.05, 0.1) is 0 Å².